The van der Waals surface area contributed by atoms with Gasteiger partial charge < -0.3 is 45.1 Å². The van der Waals surface area contributed by atoms with E-state index in [1.807, 2.05) is 6.08 Å². The standard InChI is InChI=1S/C80H145NO10/c1-4-7-10-13-16-19-22-24-26-28-30-32-34-36-38-39-41-43-45-47-49-52-55-58-61-64-67-73(84)79(88)81-71(72(83)66-63-60-57-54-51-21-18-15-12-9-6-3)70-89-80-78(77(87)76(86)74(69-82)90-80)91-75(85)68-65-62-59-56-53-50-48-46-44-42-40-37-35-33-31-29-27-25-23-20-17-14-11-8-5-2/h16-17,19-20,24-27,30,32,63,66,71-74,76-78,80,82-84,86-87H,4-15,18,21-23,28-29,31,33-62,64-65,67-70H2,1-3H3,(H,81,88)/b19-16-,20-17-,26-24-,27-25-,32-30-,66-63+. The van der Waals surface area contributed by atoms with Crippen LogP contribution in [0.25, 0.3) is 0 Å². The van der Waals surface area contributed by atoms with Crippen LogP contribution in [0.5, 0.6) is 0 Å². The number of allylic oxidation sites excluding steroid dienone is 11. The van der Waals surface area contributed by atoms with Crippen LogP contribution in [-0.4, -0.2) is 99.6 Å². The largest absolute Gasteiger partial charge is 0.454 e. The van der Waals surface area contributed by atoms with Crippen LogP contribution in [0.4, 0.5) is 0 Å². The van der Waals surface area contributed by atoms with Crippen LogP contribution in [0.15, 0.2) is 72.9 Å². The van der Waals surface area contributed by atoms with E-state index in [0.29, 0.717) is 19.3 Å². The molecule has 91 heavy (non-hydrogen) atoms. The number of aliphatic hydroxyl groups is 5. The van der Waals surface area contributed by atoms with Gasteiger partial charge in [-0.25, -0.2) is 0 Å². The summed E-state index contributed by atoms with van der Waals surface area (Å²) in [6.45, 7) is 5.78. The lowest BCUT2D eigenvalue weighted by Gasteiger charge is -2.41. The van der Waals surface area contributed by atoms with Gasteiger partial charge in [-0.3, -0.25) is 9.59 Å². The molecule has 0 spiro atoms. The third kappa shape index (κ3) is 54.0. The van der Waals surface area contributed by atoms with Crippen LogP contribution in [0.3, 0.4) is 0 Å². The minimum atomic E-state index is -1.62. The van der Waals surface area contributed by atoms with Gasteiger partial charge in [0.25, 0.3) is 0 Å². The molecule has 11 nitrogen and oxygen atoms in total. The Kier molecular flexibility index (Phi) is 63.5. The first kappa shape index (κ1) is 86.1. The Morgan fingerprint density at radius 3 is 1.15 bits per heavy atom. The summed E-state index contributed by atoms with van der Waals surface area (Å²) in [4.78, 5) is 26.7. The lowest BCUT2D eigenvalue weighted by atomic mass is 9.99. The molecule has 1 aliphatic rings. The van der Waals surface area contributed by atoms with Crippen molar-refractivity contribution in [1.29, 1.82) is 0 Å². The number of aliphatic hydroxyl groups excluding tert-OH is 5. The molecule has 0 aromatic rings. The van der Waals surface area contributed by atoms with Gasteiger partial charge in [0.05, 0.1) is 25.4 Å². The van der Waals surface area contributed by atoms with Crippen LogP contribution in [0.1, 0.15) is 361 Å². The molecule has 6 N–H and O–H groups in total. The highest BCUT2D eigenvalue weighted by molar-refractivity contribution is 5.80. The van der Waals surface area contributed by atoms with Crippen LogP contribution in [0, 0.1) is 0 Å². The van der Waals surface area contributed by atoms with Crippen molar-refractivity contribution < 1.29 is 49.3 Å². The molecule has 0 saturated carbocycles. The van der Waals surface area contributed by atoms with E-state index in [1.54, 1.807) is 6.08 Å². The Morgan fingerprint density at radius 1 is 0.429 bits per heavy atom. The number of carbonyl (C=O) groups is 2. The molecule has 1 saturated heterocycles. The van der Waals surface area contributed by atoms with Crippen molar-refractivity contribution in [1.82, 2.24) is 5.32 Å². The highest BCUT2D eigenvalue weighted by Gasteiger charge is 2.47. The van der Waals surface area contributed by atoms with Gasteiger partial charge in [0.1, 0.15) is 24.4 Å². The lowest BCUT2D eigenvalue weighted by molar-refractivity contribution is -0.305. The fourth-order valence-corrected chi connectivity index (χ4v) is 12.0. The summed E-state index contributed by atoms with van der Waals surface area (Å²) in [5.41, 5.74) is 0. The number of hydrogen-bond donors (Lipinski definition) is 6. The topological polar surface area (TPSA) is 175 Å². The average molecular weight is 1280 g/mol. The summed E-state index contributed by atoms with van der Waals surface area (Å²) < 4.78 is 17.7. The van der Waals surface area contributed by atoms with Crippen LogP contribution in [0.2, 0.25) is 0 Å². The number of amides is 1. The first-order valence-corrected chi connectivity index (χ1v) is 38.7. The number of esters is 1. The summed E-state index contributed by atoms with van der Waals surface area (Å²) in [5, 5.41) is 57.4. The van der Waals surface area contributed by atoms with E-state index in [2.05, 4.69) is 86.8 Å². The van der Waals surface area contributed by atoms with Crippen molar-refractivity contribution in [3.05, 3.63) is 72.9 Å². The maximum Gasteiger partial charge on any atom is 0.306 e. The van der Waals surface area contributed by atoms with Gasteiger partial charge in [0.2, 0.25) is 5.91 Å². The second-order valence-corrected chi connectivity index (χ2v) is 26.7. The highest BCUT2D eigenvalue weighted by Crippen LogP contribution is 2.27. The number of ether oxygens (including phenoxy) is 3. The predicted molar refractivity (Wildman–Crippen MR) is 384 cm³/mol. The quantitative estimate of drug-likeness (QED) is 0.0195. The molecule has 0 aromatic heterocycles. The SMILES string of the molecule is CCCCC/C=C\C/C=C\C/C=C\CCCCCCCCCCCCCCCC(O)C(=O)NC(COC1OC(CO)C(O)C(O)C1OC(=O)CCCCCCCCCCCCCCCCC/C=C\C/C=C\CCCCC)C(O)/C=C/CCCCCCCCCCC. The van der Waals surface area contributed by atoms with Gasteiger partial charge in [0.15, 0.2) is 12.4 Å². The molecule has 1 rings (SSSR count). The number of hydrogen-bond acceptors (Lipinski definition) is 10. The number of unbranched alkanes of at least 4 members (excludes halogenated alkanes) is 43. The second kappa shape index (κ2) is 67.1. The lowest BCUT2D eigenvalue weighted by Crippen LogP contribution is -2.61. The van der Waals surface area contributed by atoms with Crippen molar-refractivity contribution in [3.8, 4) is 0 Å². The maximum atomic E-state index is 13.5. The number of rotatable bonds is 67. The fourth-order valence-electron chi connectivity index (χ4n) is 12.0. The highest BCUT2D eigenvalue weighted by atomic mass is 16.7. The number of nitrogens with one attached hydrogen (secondary N) is 1. The fraction of sp³-hybridized carbons (Fsp3) is 0.825. The predicted octanol–water partition coefficient (Wildman–Crippen LogP) is 20.6. The molecule has 8 atom stereocenters. The summed E-state index contributed by atoms with van der Waals surface area (Å²) in [6.07, 6.45) is 78.1. The Bertz CT molecular complexity index is 1760. The molecule has 530 valence electrons. The normalized spacial score (nSPS) is 18.4. The van der Waals surface area contributed by atoms with E-state index in [1.165, 1.54) is 238 Å². The molecule has 1 fully saturated rings. The van der Waals surface area contributed by atoms with Gasteiger partial charge in [-0.1, -0.05) is 331 Å². The van der Waals surface area contributed by atoms with Gasteiger partial charge in [-0.05, 0) is 96.3 Å². The van der Waals surface area contributed by atoms with E-state index in [-0.39, 0.29) is 13.0 Å². The minimum Gasteiger partial charge on any atom is -0.454 e. The van der Waals surface area contributed by atoms with Crippen molar-refractivity contribution >= 4 is 11.9 Å². The van der Waals surface area contributed by atoms with E-state index in [9.17, 15) is 35.1 Å². The average Bonchev–Trinajstić information content (AvgIpc) is 1.02. The molecule has 0 bridgehead atoms. The van der Waals surface area contributed by atoms with Crippen molar-refractivity contribution in [3.63, 3.8) is 0 Å². The summed E-state index contributed by atoms with van der Waals surface area (Å²) in [5.74, 6) is -1.18. The molecule has 1 amide bonds. The zero-order valence-electron chi connectivity index (χ0n) is 59.2. The minimum absolute atomic E-state index is 0.124. The van der Waals surface area contributed by atoms with E-state index < -0.39 is 67.4 Å². The third-order valence-electron chi connectivity index (χ3n) is 18.1. The summed E-state index contributed by atoms with van der Waals surface area (Å²) >= 11 is 0. The van der Waals surface area contributed by atoms with Crippen molar-refractivity contribution in [2.24, 2.45) is 0 Å². The molecule has 1 heterocycles. The second-order valence-electron chi connectivity index (χ2n) is 26.7. The summed E-state index contributed by atoms with van der Waals surface area (Å²) in [6, 6.07) is -1.03. The third-order valence-corrected chi connectivity index (χ3v) is 18.1. The first-order chi connectivity index (χ1) is 44.7. The van der Waals surface area contributed by atoms with Crippen LogP contribution < -0.4 is 5.32 Å². The zero-order valence-corrected chi connectivity index (χ0v) is 59.2. The Morgan fingerprint density at radius 2 is 0.758 bits per heavy atom. The van der Waals surface area contributed by atoms with Gasteiger partial charge >= 0.3 is 5.97 Å². The van der Waals surface area contributed by atoms with Gasteiger partial charge in [0, 0.05) is 6.42 Å². The molecule has 0 aliphatic carbocycles. The van der Waals surface area contributed by atoms with Gasteiger partial charge in [-0.15, -0.1) is 0 Å². The Hall–Kier alpha value is -2.90. The molecule has 0 radical (unpaired) electrons. The van der Waals surface area contributed by atoms with Crippen LogP contribution >= 0.6 is 0 Å². The zero-order chi connectivity index (χ0) is 66.0. The molecular weight excluding hydrogens is 1130 g/mol. The smallest absolute Gasteiger partial charge is 0.306 e. The van der Waals surface area contributed by atoms with Gasteiger partial charge in [-0.2, -0.15) is 0 Å². The molecular formula is C80H145NO10. The molecule has 8 unspecified atom stereocenters. The first-order valence-electron chi connectivity index (χ1n) is 38.7. The monoisotopic (exact) mass is 1280 g/mol. The van der Waals surface area contributed by atoms with E-state index >= 15 is 0 Å². The number of carbonyl (C=O) groups excluding carboxylic acids is 2. The Labute approximate surface area is 560 Å². The van der Waals surface area contributed by atoms with Crippen molar-refractivity contribution in [2.45, 2.75) is 410 Å². The molecule has 0 aromatic carbocycles. The van der Waals surface area contributed by atoms with E-state index in [4.69, 9.17) is 14.2 Å². The Balaban J connectivity index is 2.49. The molecule has 11 heteroatoms. The van der Waals surface area contributed by atoms with Crippen LogP contribution in [-0.2, 0) is 23.8 Å². The maximum absolute atomic E-state index is 13.5. The summed E-state index contributed by atoms with van der Waals surface area (Å²) in [7, 11) is 0. The van der Waals surface area contributed by atoms with E-state index in [0.717, 1.165) is 77.0 Å². The molecule has 1 aliphatic heterocycles. The van der Waals surface area contributed by atoms with Crippen molar-refractivity contribution in [2.75, 3.05) is 13.2 Å².